The van der Waals surface area contributed by atoms with E-state index < -0.39 is 5.97 Å². The molecule has 0 aromatic heterocycles. The summed E-state index contributed by atoms with van der Waals surface area (Å²) in [5, 5.41) is 2.91. The lowest BCUT2D eigenvalue weighted by Crippen LogP contribution is -2.36. The number of amides is 1. The van der Waals surface area contributed by atoms with Gasteiger partial charge >= 0.3 is 5.97 Å². The number of hydrogen-bond donors (Lipinski definition) is 1. The first-order chi connectivity index (χ1) is 14.0. The van der Waals surface area contributed by atoms with E-state index in [1.807, 2.05) is 0 Å². The molecule has 1 N–H and O–H groups in total. The minimum Gasteiger partial charge on any atom is -0.497 e. The number of morpholine rings is 1. The van der Waals surface area contributed by atoms with E-state index in [2.05, 4.69) is 10.2 Å². The molecule has 1 saturated heterocycles. The molecule has 0 atom stereocenters. The summed E-state index contributed by atoms with van der Waals surface area (Å²) in [6, 6.07) is 10.0. The standard InChI is InChI=1S/C21H24N2O6/c1-26-16-10-15(11-17(13-16)27-2)20(24)22-18-12-14(21(25)28-3)4-5-19(18)23-6-8-29-9-7-23/h4-5,10-13H,6-9H2,1-3H3,(H,22,24). The van der Waals surface area contributed by atoms with Crippen LogP contribution in [0.2, 0.25) is 0 Å². The fraction of sp³-hybridized carbons (Fsp3) is 0.333. The van der Waals surface area contributed by atoms with E-state index in [-0.39, 0.29) is 5.91 Å². The zero-order chi connectivity index (χ0) is 20.8. The minimum absolute atomic E-state index is 0.348. The van der Waals surface area contributed by atoms with Gasteiger partial charge < -0.3 is 29.2 Å². The average Bonchev–Trinajstić information content (AvgIpc) is 2.78. The van der Waals surface area contributed by atoms with Crippen molar-refractivity contribution in [2.75, 3.05) is 57.8 Å². The molecular weight excluding hydrogens is 376 g/mol. The quantitative estimate of drug-likeness (QED) is 0.746. The van der Waals surface area contributed by atoms with E-state index in [0.29, 0.717) is 54.6 Å². The van der Waals surface area contributed by atoms with E-state index in [4.69, 9.17) is 18.9 Å². The largest absolute Gasteiger partial charge is 0.497 e. The molecule has 1 fully saturated rings. The number of methoxy groups -OCH3 is 3. The molecule has 0 spiro atoms. The summed E-state index contributed by atoms with van der Waals surface area (Å²) in [6.07, 6.45) is 0. The third-order valence-corrected chi connectivity index (χ3v) is 4.63. The first-order valence-corrected chi connectivity index (χ1v) is 9.15. The Bertz CT molecular complexity index is 870. The van der Waals surface area contributed by atoms with Crippen molar-refractivity contribution in [3.05, 3.63) is 47.5 Å². The van der Waals surface area contributed by atoms with Crippen LogP contribution < -0.4 is 19.7 Å². The predicted octanol–water partition coefficient (Wildman–Crippen LogP) is 2.58. The summed E-state index contributed by atoms with van der Waals surface area (Å²) >= 11 is 0. The molecule has 0 aliphatic carbocycles. The molecular formula is C21H24N2O6. The van der Waals surface area contributed by atoms with Gasteiger partial charge in [-0.2, -0.15) is 0 Å². The first-order valence-electron chi connectivity index (χ1n) is 9.15. The molecule has 2 aromatic carbocycles. The second kappa shape index (κ2) is 9.29. The summed E-state index contributed by atoms with van der Waals surface area (Å²) in [6.45, 7) is 2.57. The van der Waals surface area contributed by atoms with Gasteiger partial charge in [-0.25, -0.2) is 4.79 Å². The molecule has 1 heterocycles. The topological polar surface area (TPSA) is 86.3 Å². The SMILES string of the molecule is COC(=O)c1ccc(N2CCOCC2)c(NC(=O)c2cc(OC)cc(OC)c2)c1. The van der Waals surface area contributed by atoms with Crippen molar-refractivity contribution < 1.29 is 28.5 Å². The Balaban J connectivity index is 1.95. The Kier molecular flexibility index (Phi) is 6.56. The zero-order valence-electron chi connectivity index (χ0n) is 16.7. The Morgan fingerprint density at radius 3 is 2.17 bits per heavy atom. The zero-order valence-corrected chi connectivity index (χ0v) is 16.7. The molecule has 154 valence electrons. The number of carbonyl (C=O) groups is 2. The molecule has 8 heteroatoms. The number of hydrogen-bond acceptors (Lipinski definition) is 7. The predicted molar refractivity (Wildman–Crippen MR) is 108 cm³/mol. The van der Waals surface area contributed by atoms with E-state index in [1.165, 1.54) is 21.3 Å². The van der Waals surface area contributed by atoms with E-state index in [1.54, 1.807) is 36.4 Å². The van der Waals surface area contributed by atoms with Crippen molar-refractivity contribution in [3.8, 4) is 11.5 Å². The monoisotopic (exact) mass is 400 g/mol. The maximum Gasteiger partial charge on any atom is 0.337 e. The van der Waals surface area contributed by atoms with Crippen molar-refractivity contribution >= 4 is 23.3 Å². The van der Waals surface area contributed by atoms with Gasteiger partial charge in [0, 0.05) is 24.7 Å². The highest BCUT2D eigenvalue weighted by Gasteiger charge is 2.19. The van der Waals surface area contributed by atoms with Crippen LogP contribution in [0.3, 0.4) is 0 Å². The lowest BCUT2D eigenvalue weighted by molar-refractivity contribution is 0.0600. The molecule has 0 saturated carbocycles. The summed E-state index contributed by atoms with van der Waals surface area (Å²) in [5.74, 6) is 0.188. The highest BCUT2D eigenvalue weighted by molar-refractivity contribution is 6.07. The van der Waals surface area contributed by atoms with Gasteiger partial charge in [-0.05, 0) is 30.3 Å². The minimum atomic E-state index is -0.475. The number of ether oxygens (including phenoxy) is 4. The lowest BCUT2D eigenvalue weighted by atomic mass is 10.1. The lowest BCUT2D eigenvalue weighted by Gasteiger charge is -2.30. The van der Waals surface area contributed by atoms with Crippen LogP contribution in [0.25, 0.3) is 0 Å². The second-order valence-corrected chi connectivity index (χ2v) is 6.38. The Hall–Kier alpha value is -3.26. The summed E-state index contributed by atoms with van der Waals surface area (Å²) < 4.78 is 20.7. The van der Waals surface area contributed by atoms with Crippen molar-refractivity contribution in [1.82, 2.24) is 0 Å². The van der Waals surface area contributed by atoms with Crippen molar-refractivity contribution in [3.63, 3.8) is 0 Å². The Morgan fingerprint density at radius 2 is 1.59 bits per heavy atom. The molecule has 1 aliphatic heterocycles. The number of anilines is 2. The number of benzene rings is 2. The third-order valence-electron chi connectivity index (χ3n) is 4.63. The fourth-order valence-electron chi connectivity index (χ4n) is 3.09. The van der Waals surface area contributed by atoms with Crippen molar-refractivity contribution in [2.45, 2.75) is 0 Å². The van der Waals surface area contributed by atoms with Gasteiger partial charge in [0.25, 0.3) is 5.91 Å². The van der Waals surface area contributed by atoms with E-state index >= 15 is 0 Å². The second-order valence-electron chi connectivity index (χ2n) is 6.38. The smallest absolute Gasteiger partial charge is 0.337 e. The van der Waals surface area contributed by atoms with Crippen LogP contribution in [0.1, 0.15) is 20.7 Å². The molecule has 0 radical (unpaired) electrons. The number of rotatable bonds is 6. The number of nitrogens with zero attached hydrogens (tertiary/aromatic N) is 1. The molecule has 8 nitrogen and oxygen atoms in total. The van der Waals surface area contributed by atoms with Gasteiger partial charge in [-0.15, -0.1) is 0 Å². The Morgan fingerprint density at radius 1 is 0.931 bits per heavy atom. The first kappa shape index (κ1) is 20.5. The van der Waals surface area contributed by atoms with Crippen LogP contribution in [0.15, 0.2) is 36.4 Å². The molecule has 1 amide bonds. The van der Waals surface area contributed by atoms with Crippen LogP contribution in [-0.4, -0.2) is 59.5 Å². The van der Waals surface area contributed by atoms with Crippen molar-refractivity contribution in [2.24, 2.45) is 0 Å². The average molecular weight is 400 g/mol. The van der Waals surface area contributed by atoms with Gasteiger partial charge in [0.2, 0.25) is 0 Å². The molecule has 1 aliphatic rings. The maximum atomic E-state index is 13.0. The van der Waals surface area contributed by atoms with Crippen molar-refractivity contribution in [1.29, 1.82) is 0 Å². The van der Waals surface area contributed by atoms with Gasteiger partial charge in [0.05, 0.1) is 51.5 Å². The summed E-state index contributed by atoms with van der Waals surface area (Å²) in [7, 11) is 4.36. The molecule has 0 bridgehead atoms. The molecule has 29 heavy (non-hydrogen) atoms. The highest BCUT2D eigenvalue weighted by atomic mass is 16.5. The van der Waals surface area contributed by atoms with Gasteiger partial charge in [-0.3, -0.25) is 4.79 Å². The highest BCUT2D eigenvalue weighted by Crippen LogP contribution is 2.30. The van der Waals surface area contributed by atoms with Gasteiger partial charge in [0.1, 0.15) is 11.5 Å². The fourth-order valence-corrected chi connectivity index (χ4v) is 3.09. The van der Waals surface area contributed by atoms with Crippen LogP contribution >= 0.6 is 0 Å². The summed E-state index contributed by atoms with van der Waals surface area (Å²) in [4.78, 5) is 27.0. The molecule has 2 aromatic rings. The number of esters is 1. The third kappa shape index (κ3) is 4.78. The maximum absolute atomic E-state index is 13.0. The summed E-state index contributed by atoms with van der Waals surface area (Å²) in [5.41, 5.74) is 2.05. The Labute approximate surface area is 169 Å². The molecule has 0 unspecified atom stereocenters. The van der Waals surface area contributed by atoms with E-state index in [9.17, 15) is 9.59 Å². The van der Waals surface area contributed by atoms with Crippen LogP contribution in [-0.2, 0) is 9.47 Å². The normalized spacial score (nSPS) is 13.6. The van der Waals surface area contributed by atoms with Gasteiger partial charge in [0.15, 0.2) is 0 Å². The van der Waals surface area contributed by atoms with Gasteiger partial charge in [-0.1, -0.05) is 0 Å². The van der Waals surface area contributed by atoms with E-state index in [0.717, 1.165) is 5.69 Å². The number of nitrogens with one attached hydrogen (secondary N) is 1. The van der Waals surface area contributed by atoms with Crippen LogP contribution in [0.5, 0.6) is 11.5 Å². The van der Waals surface area contributed by atoms with Crippen LogP contribution in [0, 0.1) is 0 Å². The molecule has 3 rings (SSSR count). The van der Waals surface area contributed by atoms with Crippen LogP contribution in [0.4, 0.5) is 11.4 Å². The number of carbonyl (C=O) groups excluding carboxylic acids is 2.